The van der Waals surface area contributed by atoms with Crippen molar-refractivity contribution in [3.8, 4) is 0 Å². The van der Waals surface area contributed by atoms with Crippen LogP contribution in [0.3, 0.4) is 0 Å². The predicted octanol–water partition coefficient (Wildman–Crippen LogP) is 3.69. The molecule has 7 heteroatoms. The Morgan fingerprint density at radius 3 is 2.71 bits per heavy atom. The van der Waals surface area contributed by atoms with Gasteiger partial charge >= 0.3 is 0 Å². The summed E-state index contributed by atoms with van der Waals surface area (Å²) in [4.78, 5) is 30.4. The minimum Gasteiger partial charge on any atom is -0.371 e. The van der Waals surface area contributed by atoms with Crippen molar-refractivity contribution in [2.24, 2.45) is 0 Å². The molecular weight excluding hydrogens is 372 g/mol. The average molecular weight is 395 g/mol. The highest BCUT2D eigenvalue weighted by molar-refractivity contribution is 7.71. The largest absolute Gasteiger partial charge is 0.371 e. The van der Waals surface area contributed by atoms with E-state index in [0.717, 1.165) is 24.5 Å². The maximum Gasteiger partial charge on any atom is 0.262 e. The maximum absolute atomic E-state index is 12.7. The van der Waals surface area contributed by atoms with E-state index in [2.05, 4.69) is 21.3 Å². The van der Waals surface area contributed by atoms with Gasteiger partial charge in [-0.15, -0.1) is 0 Å². The zero-order chi connectivity index (χ0) is 19.5. The van der Waals surface area contributed by atoms with Gasteiger partial charge in [0, 0.05) is 37.4 Å². The molecule has 0 atom stereocenters. The number of aromatic nitrogens is 2. The summed E-state index contributed by atoms with van der Waals surface area (Å²) in [5.74, 6) is -0.145. The normalized spacial score (nSPS) is 13.8. The Morgan fingerprint density at radius 2 is 1.89 bits per heavy atom. The first-order chi connectivity index (χ1) is 13.6. The lowest BCUT2D eigenvalue weighted by Gasteiger charge is -2.18. The van der Waals surface area contributed by atoms with E-state index in [1.165, 1.54) is 17.4 Å². The maximum atomic E-state index is 12.7. The second-order valence-corrected chi connectivity index (χ2v) is 7.36. The number of carbonyl (C=O) groups excluding carboxylic acids is 1. The summed E-state index contributed by atoms with van der Waals surface area (Å²) in [6, 6.07) is 15.1. The van der Waals surface area contributed by atoms with Gasteiger partial charge in [0.2, 0.25) is 5.91 Å². The van der Waals surface area contributed by atoms with Gasteiger partial charge in [0.05, 0.1) is 10.9 Å². The Bertz CT molecular complexity index is 1130. The summed E-state index contributed by atoms with van der Waals surface area (Å²) in [6.45, 7) is 2.34. The minimum atomic E-state index is -0.178. The van der Waals surface area contributed by atoms with Crippen LogP contribution in [0.25, 0.3) is 10.9 Å². The third-order valence-corrected chi connectivity index (χ3v) is 5.38. The van der Waals surface area contributed by atoms with E-state index in [1.807, 2.05) is 36.4 Å². The number of nitrogens with zero attached hydrogens (tertiary/aromatic N) is 2. The zero-order valence-corrected chi connectivity index (χ0v) is 16.3. The second-order valence-electron chi connectivity index (χ2n) is 6.98. The molecule has 2 heterocycles. The molecule has 2 aromatic carbocycles. The van der Waals surface area contributed by atoms with Crippen LogP contribution >= 0.6 is 12.2 Å². The van der Waals surface area contributed by atoms with Gasteiger partial charge < -0.3 is 15.2 Å². The molecule has 28 heavy (non-hydrogen) atoms. The Balaban J connectivity index is 1.45. The first-order valence-electron chi connectivity index (χ1n) is 9.48. The molecule has 0 unspecified atom stereocenters. The van der Waals surface area contributed by atoms with Crippen molar-refractivity contribution in [2.75, 3.05) is 23.3 Å². The minimum absolute atomic E-state index is 0.145. The van der Waals surface area contributed by atoms with Gasteiger partial charge in [0.1, 0.15) is 0 Å². The summed E-state index contributed by atoms with van der Waals surface area (Å²) in [7, 11) is 0. The van der Waals surface area contributed by atoms with Crippen LogP contribution < -0.4 is 15.8 Å². The van der Waals surface area contributed by atoms with Crippen LogP contribution in [0.15, 0.2) is 53.3 Å². The SMILES string of the molecule is O=C(CCn1c(=S)[nH]c2ccccc2c1=O)Nc1cccc(N2CCCC2)c1. The number of rotatable bonds is 5. The molecule has 0 saturated carbocycles. The van der Waals surface area contributed by atoms with E-state index in [9.17, 15) is 9.59 Å². The number of para-hydroxylation sites is 1. The van der Waals surface area contributed by atoms with E-state index >= 15 is 0 Å². The van der Waals surface area contributed by atoms with E-state index in [-0.39, 0.29) is 24.4 Å². The molecule has 3 aromatic rings. The van der Waals surface area contributed by atoms with Gasteiger partial charge in [0.25, 0.3) is 5.56 Å². The van der Waals surface area contributed by atoms with Gasteiger partial charge in [-0.05, 0) is 55.4 Å². The number of aromatic amines is 1. The number of nitrogens with one attached hydrogen (secondary N) is 2. The van der Waals surface area contributed by atoms with Crippen molar-refractivity contribution in [3.63, 3.8) is 0 Å². The third-order valence-electron chi connectivity index (χ3n) is 5.05. The van der Waals surface area contributed by atoms with E-state index in [4.69, 9.17) is 12.2 Å². The molecule has 4 rings (SSSR count). The molecule has 1 aliphatic rings. The number of hydrogen-bond acceptors (Lipinski definition) is 4. The molecule has 1 fully saturated rings. The highest BCUT2D eigenvalue weighted by Gasteiger charge is 2.13. The highest BCUT2D eigenvalue weighted by Crippen LogP contribution is 2.23. The monoisotopic (exact) mass is 394 g/mol. The lowest BCUT2D eigenvalue weighted by atomic mass is 10.2. The van der Waals surface area contributed by atoms with Crippen molar-refractivity contribution in [3.05, 3.63) is 63.7 Å². The van der Waals surface area contributed by atoms with Crippen molar-refractivity contribution in [1.82, 2.24) is 9.55 Å². The summed E-state index contributed by atoms with van der Waals surface area (Å²) >= 11 is 5.30. The summed E-state index contributed by atoms with van der Waals surface area (Å²) in [5.41, 5.74) is 2.43. The van der Waals surface area contributed by atoms with Crippen LogP contribution in [0.5, 0.6) is 0 Å². The second kappa shape index (κ2) is 7.98. The molecule has 1 amide bonds. The third kappa shape index (κ3) is 3.84. The summed E-state index contributed by atoms with van der Waals surface area (Å²) in [5, 5.41) is 3.49. The fourth-order valence-corrected chi connectivity index (χ4v) is 3.88. The fraction of sp³-hybridized carbons (Fsp3) is 0.286. The number of fused-ring (bicyclic) bond motifs is 1. The summed E-state index contributed by atoms with van der Waals surface area (Å²) in [6.07, 6.45) is 2.58. The predicted molar refractivity (Wildman–Crippen MR) is 115 cm³/mol. The van der Waals surface area contributed by atoms with Crippen molar-refractivity contribution >= 4 is 40.4 Å². The van der Waals surface area contributed by atoms with Gasteiger partial charge in [-0.3, -0.25) is 14.2 Å². The average Bonchev–Trinajstić information content (AvgIpc) is 3.23. The smallest absolute Gasteiger partial charge is 0.262 e. The first-order valence-corrected chi connectivity index (χ1v) is 9.89. The van der Waals surface area contributed by atoms with E-state index in [0.29, 0.717) is 15.7 Å². The Morgan fingerprint density at radius 1 is 1.11 bits per heavy atom. The Kier molecular flexibility index (Phi) is 5.25. The first kappa shape index (κ1) is 18.4. The van der Waals surface area contributed by atoms with E-state index < -0.39 is 0 Å². The quantitative estimate of drug-likeness (QED) is 0.648. The topological polar surface area (TPSA) is 70.1 Å². The van der Waals surface area contributed by atoms with Gasteiger partial charge in [0.15, 0.2) is 4.77 Å². The zero-order valence-electron chi connectivity index (χ0n) is 15.5. The molecule has 6 nitrogen and oxygen atoms in total. The molecule has 144 valence electrons. The number of amides is 1. The lowest BCUT2D eigenvalue weighted by Crippen LogP contribution is -2.25. The molecule has 0 radical (unpaired) electrons. The van der Waals surface area contributed by atoms with Crippen LogP contribution in [0.1, 0.15) is 19.3 Å². The number of H-pyrrole nitrogens is 1. The van der Waals surface area contributed by atoms with Gasteiger partial charge in [-0.1, -0.05) is 18.2 Å². The molecule has 1 aliphatic heterocycles. The Hall–Kier alpha value is -2.93. The number of benzene rings is 2. The Labute approximate surface area is 167 Å². The highest BCUT2D eigenvalue weighted by atomic mass is 32.1. The van der Waals surface area contributed by atoms with Crippen LogP contribution in [0, 0.1) is 4.77 Å². The van der Waals surface area contributed by atoms with Crippen LogP contribution in [0.4, 0.5) is 11.4 Å². The number of hydrogen-bond donors (Lipinski definition) is 2. The van der Waals surface area contributed by atoms with Gasteiger partial charge in [-0.2, -0.15) is 0 Å². The fourth-order valence-electron chi connectivity index (χ4n) is 3.59. The van der Waals surface area contributed by atoms with Crippen molar-refractivity contribution in [2.45, 2.75) is 25.8 Å². The van der Waals surface area contributed by atoms with Crippen molar-refractivity contribution in [1.29, 1.82) is 0 Å². The van der Waals surface area contributed by atoms with Crippen LogP contribution in [-0.4, -0.2) is 28.5 Å². The molecule has 0 aliphatic carbocycles. The van der Waals surface area contributed by atoms with Gasteiger partial charge in [-0.25, -0.2) is 0 Å². The number of anilines is 2. The van der Waals surface area contributed by atoms with Crippen LogP contribution in [-0.2, 0) is 11.3 Å². The molecular formula is C21H22N4O2S. The van der Waals surface area contributed by atoms with E-state index in [1.54, 1.807) is 6.07 Å². The molecule has 1 aromatic heterocycles. The van der Waals surface area contributed by atoms with Crippen molar-refractivity contribution < 1.29 is 4.79 Å². The number of carbonyl (C=O) groups is 1. The standard InChI is InChI=1S/C21H22N4O2S/c26-19(22-15-6-5-7-16(14-15)24-11-3-4-12-24)10-13-25-20(27)17-8-1-2-9-18(17)23-21(25)28/h1-2,5-9,14H,3-4,10-13H2,(H,22,26)(H,23,28). The molecule has 0 spiro atoms. The van der Waals surface area contributed by atoms with Crippen LogP contribution in [0.2, 0.25) is 0 Å². The molecule has 1 saturated heterocycles. The molecule has 2 N–H and O–H groups in total. The molecule has 0 bridgehead atoms. The lowest BCUT2D eigenvalue weighted by molar-refractivity contribution is -0.116. The summed E-state index contributed by atoms with van der Waals surface area (Å²) < 4.78 is 1.77.